The normalized spacial score (nSPS) is 9.88. The quantitative estimate of drug-likeness (QED) is 0.148. The van der Waals surface area contributed by atoms with E-state index in [4.69, 9.17) is 23.2 Å². The maximum Gasteiger partial charge on any atom is 0.223 e. The van der Waals surface area contributed by atoms with Crippen LogP contribution in [0.1, 0.15) is 5.56 Å². The van der Waals surface area contributed by atoms with Gasteiger partial charge in [0.1, 0.15) is 5.15 Å². The third kappa shape index (κ3) is 8.72. The fourth-order valence-corrected chi connectivity index (χ4v) is 5.66. The van der Waals surface area contributed by atoms with Gasteiger partial charge in [-0.1, -0.05) is 138 Å². The molecule has 5 heteroatoms. The van der Waals surface area contributed by atoms with Crippen molar-refractivity contribution in [3.05, 3.63) is 150 Å². The Balaban J connectivity index is 0.000000177. The summed E-state index contributed by atoms with van der Waals surface area (Å²) in [4.78, 5) is 7.20. The second-order valence-corrected chi connectivity index (χ2v) is 10.1. The SMILES string of the molecule is Cc1ccccc1.Clc1ccnc(Cl)n1.c1ccc(P(c2ccccc2)c2ccccc2)cc1. The molecule has 0 spiro atoms. The number of rotatable bonds is 3. The molecule has 0 amide bonds. The molecule has 0 radical (unpaired) electrons. The molecule has 0 N–H and O–H groups in total. The number of nitrogens with zero attached hydrogens (tertiary/aromatic N) is 2. The van der Waals surface area contributed by atoms with E-state index in [9.17, 15) is 0 Å². The Hall–Kier alpha value is -3.03. The first-order valence-corrected chi connectivity index (χ1v) is 12.8. The molecule has 0 unspecified atom stereocenters. The van der Waals surface area contributed by atoms with Gasteiger partial charge in [-0.15, -0.1) is 0 Å². The Labute approximate surface area is 213 Å². The van der Waals surface area contributed by atoms with Crippen LogP contribution in [-0.4, -0.2) is 9.97 Å². The summed E-state index contributed by atoms with van der Waals surface area (Å²) in [5.74, 6) is 0. The number of benzene rings is 4. The first-order valence-electron chi connectivity index (χ1n) is 10.7. The Morgan fingerprint density at radius 2 is 0.912 bits per heavy atom. The van der Waals surface area contributed by atoms with E-state index < -0.39 is 7.92 Å². The lowest BCUT2D eigenvalue weighted by molar-refractivity contribution is 1.17. The molecular weight excluding hydrogens is 478 g/mol. The van der Waals surface area contributed by atoms with Crippen molar-refractivity contribution in [3.63, 3.8) is 0 Å². The van der Waals surface area contributed by atoms with E-state index in [0.29, 0.717) is 5.15 Å². The number of halogens is 2. The van der Waals surface area contributed by atoms with Crippen molar-refractivity contribution in [2.75, 3.05) is 0 Å². The van der Waals surface area contributed by atoms with Gasteiger partial charge in [0.15, 0.2) is 0 Å². The third-order valence-electron chi connectivity index (χ3n) is 4.58. The van der Waals surface area contributed by atoms with Gasteiger partial charge >= 0.3 is 0 Å². The van der Waals surface area contributed by atoms with Crippen LogP contribution in [0.3, 0.4) is 0 Å². The number of hydrogen-bond donors (Lipinski definition) is 0. The maximum atomic E-state index is 5.41. The molecule has 0 atom stereocenters. The summed E-state index contributed by atoms with van der Waals surface area (Å²) in [7, 11) is -0.446. The molecule has 0 saturated heterocycles. The summed E-state index contributed by atoms with van der Waals surface area (Å²) in [5.41, 5.74) is 1.32. The second-order valence-electron chi connectivity index (χ2n) is 7.15. The van der Waals surface area contributed by atoms with Gasteiger partial charge in [0.25, 0.3) is 0 Å². The maximum absolute atomic E-state index is 5.41. The summed E-state index contributed by atoms with van der Waals surface area (Å²) < 4.78 is 0. The summed E-state index contributed by atoms with van der Waals surface area (Å²) in [6.45, 7) is 2.08. The minimum atomic E-state index is -0.446. The molecule has 5 aromatic rings. The molecule has 0 aliphatic rings. The van der Waals surface area contributed by atoms with Gasteiger partial charge in [-0.05, 0) is 48.4 Å². The van der Waals surface area contributed by atoms with Crippen LogP contribution in [0, 0.1) is 6.92 Å². The highest BCUT2D eigenvalue weighted by Gasteiger charge is 2.14. The zero-order valence-corrected chi connectivity index (χ0v) is 21.2. The van der Waals surface area contributed by atoms with Crippen molar-refractivity contribution < 1.29 is 0 Å². The molecule has 170 valence electrons. The predicted octanol–water partition coefficient (Wildman–Crippen LogP) is 7.22. The molecule has 0 fully saturated rings. The fourth-order valence-electron chi connectivity index (χ4n) is 3.03. The largest absolute Gasteiger partial charge is 0.226 e. The van der Waals surface area contributed by atoms with Crippen LogP contribution in [0.5, 0.6) is 0 Å². The van der Waals surface area contributed by atoms with Gasteiger partial charge in [0, 0.05) is 6.20 Å². The molecule has 4 aromatic carbocycles. The van der Waals surface area contributed by atoms with Crippen LogP contribution in [0.25, 0.3) is 0 Å². The summed E-state index contributed by atoms with van der Waals surface area (Å²) in [5, 5.41) is 4.74. The average molecular weight is 503 g/mol. The van der Waals surface area contributed by atoms with Crippen LogP contribution in [0.4, 0.5) is 0 Å². The lowest BCUT2D eigenvalue weighted by Crippen LogP contribution is -2.20. The smallest absolute Gasteiger partial charge is 0.223 e. The van der Waals surface area contributed by atoms with Crippen molar-refractivity contribution in [3.8, 4) is 0 Å². The van der Waals surface area contributed by atoms with Crippen molar-refractivity contribution in [2.45, 2.75) is 6.92 Å². The van der Waals surface area contributed by atoms with Crippen molar-refractivity contribution in [1.82, 2.24) is 9.97 Å². The molecule has 0 aliphatic carbocycles. The number of hydrogen-bond acceptors (Lipinski definition) is 2. The first-order chi connectivity index (χ1) is 16.6. The van der Waals surface area contributed by atoms with Gasteiger partial charge in [0.2, 0.25) is 5.28 Å². The van der Waals surface area contributed by atoms with Gasteiger partial charge < -0.3 is 0 Å². The Bertz CT molecular complexity index is 1110. The molecule has 0 saturated carbocycles. The molecule has 34 heavy (non-hydrogen) atoms. The highest BCUT2D eigenvalue weighted by molar-refractivity contribution is 7.79. The number of aryl methyl sites for hydroxylation is 1. The minimum Gasteiger partial charge on any atom is -0.226 e. The fraction of sp³-hybridized carbons (Fsp3) is 0.0345. The van der Waals surface area contributed by atoms with E-state index in [1.165, 1.54) is 27.7 Å². The van der Waals surface area contributed by atoms with E-state index in [2.05, 4.69) is 120 Å². The zero-order chi connectivity index (χ0) is 24.0. The average Bonchev–Trinajstić information content (AvgIpc) is 2.87. The van der Waals surface area contributed by atoms with E-state index in [0.717, 1.165) is 0 Å². The van der Waals surface area contributed by atoms with Crippen molar-refractivity contribution >= 4 is 47.0 Å². The lowest BCUT2D eigenvalue weighted by Gasteiger charge is -2.18. The van der Waals surface area contributed by atoms with E-state index in [1.807, 2.05) is 18.2 Å². The topological polar surface area (TPSA) is 25.8 Å². The van der Waals surface area contributed by atoms with Gasteiger partial charge in [0.05, 0.1) is 0 Å². The van der Waals surface area contributed by atoms with Crippen LogP contribution < -0.4 is 15.9 Å². The molecule has 0 aliphatic heterocycles. The number of aromatic nitrogens is 2. The lowest BCUT2D eigenvalue weighted by atomic mass is 10.2. The Morgan fingerprint density at radius 3 is 1.18 bits per heavy atom. The van der Waals surface area contributed by atoms with Crippen LogP contribution in [0.15, 0.2) is 134 Å². The molecule has 1 aromatic heterocycles. The van der Waals surface area contributed by atoms with Gasteiger partial charge in [-0.2, -0.15) is 0 Å². The van der Waals surface area contributed by atoms with Gasteiger partial charge in [-0.25, -0.2) is 9.97 Å². The molecule has 5 rings (SSSR count). The van der Waals surface area contributed by atoms with Crippen LogP contribution >= 0.6 is 31.1 Å². The highest BCUT2D eigenvalue weighted by atomic mass is 35.5. The van der Waals surface area contributed by atoms with Crippen LogP contribution in [-0.2, 0) is 0 Å². The molecule has 1 heterocycles. The molecule has 0 bridgehead atoms. The highest BCUT2D eigenvalue weighted by Crippen LogP contribution is 2.32. The van der Waals surface area contributed by atoms with E-state index in [-0.39, 0.29) is 5.28 Å². The zero-order valence-electron chi connectivity index (χ0n) is 18.8. The summed E-state index contributed by atoms with van der Waals surface area (Å²) in [6, 6.07) is 44.2. The third-order valence-corrected chi connectivity index (χ3v) is 7.41. The Kier molecular flexibility index (Phi) is 10.7. The van der Waals surface area contributed by atoms with E-state index >= 15 is 0 Å². The van der Waals surface area contributed by atoms with Crippen molar-refractivity contribution in [2.24, 2.45) is 0 Å². The Morgan fingerprint density at radius 1 is 0.529 bits per heavy atom. The molecular formula is C29H25Cl2N2P. The molecule has 2 nitrogen and oxygen atoms in total. The standard InChI is InChI=1S/C18H15P.C7H8.C4H2Cl2N2/c1-4-10-16(11-5-1)19(17-12-6-2-7-13-17)18-14-8-3-9-15-18;1-7-5-3-2-4-6-7;5-3-1-2-7-4(6)8-3/h1-15H;2-6H,1H3;1-2H. The second kappa shape index (κ2) is 14.3. The monoisotopic (exact) mass is 502 g/mol. The first kappa shape index (κ1) is 25.6. The van der Waals surface area contributed by atoms with E-state index in [1.54, 1.807) is 6.07 Å². The summed E-state index contributed by atoms with van der Waals surface area (Å²) >= 11 is 10.7. The summed E-state index contributed by atoms with van der Waals surface area (Å²) in [6.07, 6.45) is 1.50. The van der Waals surface area contributed by atoms with Crippen molar-refractivity contribution in [1.29, 1.82) is 0 Å². The minimum absolute atomic E-state index is 0.178. The predicted molar refractivity (Wildman–Crippen MR) is 148 cm³/mol. The van der Waals surface area contributed by atoms with Crippen LogP contribution in [0.2, 0.25) is 10.4 Å². The van der Waals surface area contributed by atoms with Gasteiger partial charge in [-0.3, -0.25) is 0 Å².